The van der Waals surface area contributed by atoms with Gasteiger partial charge in [-0.3, -0.25) is 9.59 Å². The average Bonchev–Trinajstić information content (AvgIpc) is 3.00. The molecule has 1 heterocycles. The van der Waals surface area contributed by atoms with Crippen LogP contribution in [-0.4, -0.2) is 23.9 Å². The summed E-state index contributed by atoms with van der Waals surface area (Å²) in [5.74, 6) is 0.173. The second-order valence-electron chi connectivity index (χ2n) is 8.17. The number of benzene rings is 3. The molecule has 0 fully saturated rings. The number of carbonyl (C=O) groups is 1. The molecule has 0 spiro atoms. The number of rotatable bonds is 4. The second kappa shape index (κ2) is 8.55. The molecule has 4 heteroatoms. The van der Waals surface area contributed by atoms with Gasteiger partial charge in [-0.1, -0.05) is 66.7 Å². The minimum absolute atomic E-state index is 0.0836. The van der Waals surface area contributed by atoms with E-state index in [1.807, 2.05) is 86.6 Å². The Morgan fingerprint density at radius 2 is 1.55 bits per heavy atom. The maximum absolute atomic E-state index is 13.7. The Hall–Kier alpha value is -3.92. The fourth-order valence-corrected chi connectivity index (χ4v) is 4.72. The van der Waals surface area contributed by atoms with Gasteiger partial charge in [-0.05, 0) is 48.7 Å². The molecule has 33 heavy (non-hydrogen) atoms. The van der Waals surface area contributed by atoms with Crippen LogP contribution in [0.25, 0.3) is 22.6 Å². The van der Waals surface area contributed by atoms with Crippen LogP contribution in [0.3, 0.4) is 0 Å². The molecule has 4 aromatic rings. The van der Waals surface area contributed by atoms with E-state index in [1.165, 1.54) is 0 Å². The van der Waals surface area contributed by atoms with Gasteiger partial charge in [-0.15, -0.1) is 0 Å². The SMILES string of the molecule is CCN(CC)C(=O)C1=Cc2c(oc3ccccc3c2=O)C(c2ccccc2)c2ccccc21. The Bertz CT molecular complexity index is 1430. The van der Waals surface area contributed by atoms with E-state index in [9.17, 15) is 9.59 Å². The third-order valence-corrected chi connectivity index (χ3v) is 6.39. The largest absolute Gasteiger partial charge is 0.459 e. The second-order valence-corrected chi connectivity index (χ2v) is 8.17. The first kappa shape index (κ1) is 21.0. The van der Waals surface area contributed by atoms with Crippen molar-refractivity contribution in [2.24, 2.45) is 0 Å². The first-order chi connectivity index (χ1) is 16.1. The molecule has 0 radical (unpaired) electrons. The van der Waals surface area contributed by atoms with Gasteiger partial charge in [0.05, 0.1) is 16.9 Å². The number of amides is 1. The zero-order valence-corrected chi connectivity index (χ0v) is 18.7. The van der Waals surface area contributed by atoms with Crippen molar-refractivity contribution in [3.05, 3.63) is 117 Å². The van der Waals surface area contributed by atoms with Crippen molar-refractivity contribution in [2.45, 2.75) is 19.8 Å². The van der Waals surface area contributed by atoms with E-state index < -0.39 is 0 Å². The van der Waals surface area contributed by atoms with Gasteiger partial charge in [-0.25, -0.2) is 0 Å². The van der Waals surface area contributed by atoms with Crippen LogP contribution in [0.5, 0.6) is 0 Å². The molecule has 4 nitrogen and oxygen atoms in total. The number of fused-ring (bicyclic) bond motifs is 3. The van der Waals surface area contributed by atoms with E-state index in [4.69, 9.17) is 4.42 Å². The van der Waals surface area contributed by atoms with Gasteiger partial charge in [0, 0.05) is 18.7 Å². The quantitative estimate of drug-likeness (QED) is 0.413. The van der Waals surface area contributed by atoms with E-state index in [0.29, 0.717) is 41.0 Å². The van der Waals surface area contributed by atoms with Gasteiger partial charge in [0.15, 0.2) is 5.43 Å². The topological polar surface area (TPSA) is 50.5 Å². The van der Waals surface area contributed by atoms with Crippen LogP contribution in [0.15, 0.2) is 88.1 Å². The van der Waals surface area contributed by atoms with Crippen molar-refractivity contribution in [1.82, 2.24) is 4.90 Å². The lowest BCUT2D eigenvalue weighted by Crippen LogP contribution is -2.31. The summed E-state index contributed by atoms with van der Waals surface area (Å²) in [6, 6.07) is 25.2. The molecular formula is C29H25NO3. The van der Waals surface area contributed by atoms with E-state index in [-0.39, 0.29) is 17.3 Å². The van der Waals surface area contributed by atoms with E-state index in [2.05, 4.69) is 0 Å². The van der Waals surface area contributed by atoms with Crippen molar-refractivity contribution < 1.29 is 9.21 Å². The highest BCUT2D eigenvalue weighted by atomic mass is 16.3. The molecule has 1 aromatic heterocycles. The molecule has 0 aliphatic heterocycles. The summed E-state index contributed by atoms with van der Waals surface area (Å²) in [4.78, 5) is 29.1. The van der Waals surface area contributed by atoms with Crippen LogP contribution in [0.4, 0.5) is 0 Å². The van der Waals surface area contributed by atoms with Gasteiger partial charge in [-0.2, -0.15) is 0 Å². The fourth-order valence-electron chi connectivity index (χ4n) is 4.72. The number of hydrogen-bond donors (Lipinski definition) is 0. The van der Waals surface area contributed by atoms with Crippen molar-refractivity contribution >= 4 is 28.5 Å². The summed E-state index contributed by atoms with van der Waals surface area (Å²) in [6.07, 6.45) is 1.75. The Balaban J connectivity index is 1.90. The van der Waals surface area contributed by atoms with Gasteiger partial charge >= 0.3 is 0 Å². The molecule has 3 aromatic carbocycles. The number of nitrogens with zero attached hydrogens (tertiary/aromatic N) is 1. The highest BCUT2D eigenvalue weighted by Gasteiger charge is 2.32. The van der Waals surface area contributed by atoms with E-state index >= 15 is 0 Å². The first-order valence-corrected chi connectivity index (χ1v) is 11.3. The first-order valence-electron chi connectivity index (χ1n) is 11.3. The Morgan fingerprint density at radius 1 is 0.879 bits per heavy atom. The molecule has 1 amide bonds. The van der Waals surface area contributed by atoms with Crippen molar-refractivity contribution in [3.63, 3.8) is 0 Å². The Kier molecular flexibility index (Phi) is 5.43. The molecule has 164 valence electrons. The van der Waals surface area contributed by atoms with Gasteiger partial charge in [0.25, 0.3) is 5.91 Å². The normalized spacial score (nSPS) is 14.7. The molecule has 5 rings (SSSR count). The average molecular weight is 436 g/mol. The maximum Gasteiger partial charge on any atom is 0.254 e. The predicted molar refractivity (Wildman–Crippen MR) is 132 cm³/mol. The zero-order valence-electron chi connectivity index (χ0n) is 18.7. The molecular weight excluding hydrogens is 410 g/mol. The summed E-state index contributed by atoms with van der Waals surface area (Å²) < 4.78 is 6.44. The van der Waals surface area contributed by atoms with Crippen molar-refractivity contribution in [3.8, 4) is 0 Å². The minimum atomic E-state index is -0.312. The molecule has 0 saturated heterocycles. The van der Waals surface area contributed by atoms with Crippen LogP contribution in [0.2, 0.25) is 0 Å². The third-order valence-electron chi connectivity index (χ3n) is 6.39. The van der Waals surface area contributed by atoms with Crippen molar-refractivity contribution in [1.29, 1.82) is 0 Å². The van der Waals surface area contributed by atoms with Crippen LogP contribution >= 0.6 is 0 Å². The minimum Gasteiger partial charge on any atom is -0.459 e. The molecule has 0 N–H and O–H groups in total. The fraction of sp³-hybridized carbons (Fsp3) is 0.172. The summed E-state index contributed by atoms with van der Waals surface area (Å²) >= 11 is 0. The summed E-state index contributed by atoms with van der Waals surface area (Å²) in [6.45, 7) is 5.12. The Labute approximate surface area is 192 Å². The van der Waals surface area contributed by atoms with Gasteiger partial charge < -0.3 is 9.32 Å². The predicted octanol–water partition coefficient (Wildman–Crippen LogP) is 5.70. The standard InChI is InChI=1S/C29H25NO3/c1-3-30(4-2)29(32)23-18-24-27(31)22-16-10-11-17-25(22)33-28(24)26(19-12-6-5-7-13-19)21-15-9-8-14-20(21)23/h5-18,26H,3-4H2,1-2H3. The number of likely N-dealkylation sites (N-methyl/N-ethyl adjacent to an activating group) is 1. The van der Waals surface area contributed by atoms with E-state index in [0.717, 1.165) is 16.7 Å². The monoisotopic (exact) mass is 435 g/mol. The van der Waals surface area contributed by atoms with Crippen LogP contribution < -0.4 is 5.43 Å². The summed E-state index contributed by atoms with van der Waals surface area (Å²) in [7, 11) is 0. The van der Waals surface area contributed by atoms with Gasteiger partial charge in [0.2, 0.25) is 0 Å². The maximum atomic E-state index is 13.7. The lowest BCUT2D eigenvalue weighted by atomic mass is 9.85. The molecule has 0 bridgehead atoms. The molecule has 1 aliphatic rings. The number of para-hydroxylation sites is 1. The Morgan fingerprint density at radius 3 is 2.30 bits per heavy atom. The molecule has 1 atom stereocenters. The lowest BCUT2D eigenvalue weighted by Gasteiger charge is -2.23. The summed E-state index contributed by atoms with van der Waals surface area (Å²) in [5.41, 5.74) is 4.18. The number of hydrogen-bond acceptors (Lipinski definition) is 3. The highest BCUT2D eigenvalue weighted by Crippen LogP contribution is 2.42. The summed E-state index contributed by atoms with van der Waals surface area (Å²) in [5, 5.41) is 0.514. The number of carbonyl (C=O) groups excluding carboxylic acids is 1. The smallest absolute Gasteiger partial charge is 0.254 e. The van der Waals surface area contributed by atoms with Crippen LogP contribution in [0, 0.1) is 0 Å². The highest BCUT2D eigenvalue weighted by molar-refractivity contribution is 6.25. The van der Waals surface area contributed by atoms with Crippen LogP contribution in [0.1, 0.15) is 47.8 Å². The molecule has 1 unspecified atom stereocenters. The van der Waals surface area contributed by atoms with Crippen LogP contribution in [-0.2, 0) is 4.79 Å². The molecule has 0 saturated carbocycles. The zero-order chi connectivity index (χ0) is 22.9. The van der Waals surface area contributed by atoms with Gasteiger partial charge in [0.1, 0.15) is 11.3 Å². The molecule has 1 aliphatic carbocycles. The third kappa shape index (κ3) is 3.48. The van der Waals surface area contributed by atoms with E-state index in [1.54, 1.807) is 17.0 Å². The van der Waals surface area contributed by atoms with Crippen molar-refractivity contribution in [2.75, 3.05) is 13.1 Å². The lowest BCUT2D eigenvalue weighted by molar-refractivity contribution is -0.124.